The van der Waals surface area contributed by atoms with Gasteiger partial charge < -0.3 is 9.47 Å². The molecule has 0 N–H and O–H groups in total. The summed E-state index contributed by atoms with van der Waals surface area (Å²) >= 11 is 0. The monoisotopic (exact) mass is 258 g/mol. The minimum absolute atomic E-state index is 0.203. The second kappa shape index (κ2) is 5.30. The van der Waals surface area contributed by atoms with Crippen LogP contribution in [0.2, 0.25) is 0 Å². The Morgan fingerprint density at radius 3 is 2.37 bits per heavy atom. The highest BCUT2D eigenvalue weighted by Gasteiger charge is 2.20. The lowest BCUT2D eigenvalue weighted by Gasteiger charge is -2.00. The van der Waals surface area contributed by atoms with Crippen LogP contribution in [-0.4, -0.2) is 17.9 Å². The average Bonchev–Trinajstić information content (AvgIpc) is 2.66. The second-order valence-corrected chi connectivity index (χ2v) is 3.80. The Bertz CT molecular complexity index is 593. The molecule has 0 fully saturated rings. The van der Waals surface area contributed by atoms with Crippen molar-refractivity contribution < 1.29 is 23.9 Å². The highest BCUT2D eigenvalue weighted by molar-refractivity contribution is 6.11. The van der Waals surface area contributed by atoms with Gasteiger partial charge in [-0.2, -0.15) is 0 Å². The molecule has 1 heterocycles. The minimum atomic E-state index is -0.658. The summed E-state index contributed by atoms with van der Waals surface area (Å²) in [5.41, 5.74) is 0.998. The Hall–Kier alpha value is -2.69. The Morgan fingerprint density at radius 2 is 1.84 bits per heavy atom. The molecule has 1 aromatic carbocycles. The largest absolute Gasteiger partial charge is 0.427 e. The van der Waals surface area contributed by atoms with Crippen molar-refractivity contribution in [2.45, 2.75) is 6.92 Å². The molecule has 5 heteroatoms. The van der Waals surface area contributed by atoms with E-state index in [1.165, 1.54) is 13.0 Å². The summed E-state index contributed by atoms with van der Waals surface area (Å²) in [6.07, 6.45) is 4.28. The molecule has 0 amide bonds. The van der Waals surface area contributed by atoms with Crippen molar-refractivity contribution in [3.63, 3.8) is 0 Å². The van der Waals surface area contributed by atoms with Gasteiger partial charge in [0.15, 0.2) is 0 Å². The Labute approximate surface area is 109 Å². The molecule has 0 aromatic heterocycles. The summed E-state index contributed by atoms with van der Waals surface area (Å²) in [6.45, 7) is 1.32. The third-order valence-electron chi connectivity index (χ3n) is 2.30. The highest BCUT2D eigenvalue weighted by atomic mass is 16.6. The van der Waals surface area contributed by atoms with Gasteiger partial charge in [0.05, 0.1) is 5.57 Å². The highest BCUT2D eigenvalue weighted by Crippen LogP contribution is 2.15. The number of hydrogen-bond donors (Lipinski definition) is 0. The standard InChI is InChI=1S/C14H10O5/c1-9(15)18-12-6-3-10(4-7-12)2-5-11-8-13(16)19-14(11)17/h2-8H,1H3. The zero-order valence-electron chi connectivity index (χ0n) is 10.1. The van der Waals surface area contributed by atoms with Crippen molar-refractivity contribution in [2.24, 2.45) is 0 Å². The Morgan fingerprint density at radius 1 is 1.16 bits per heavy atom. The van der Waals surface area contributed by atoms with Gasteiger partial charge in [-0.3, -0.25) is 4.79 Å². The van der Waals surface area contributed by atoms with Gasteiger partial charge >= 0.3 is 17.9 Å². The van der Waals surface area contributed by atoms with Gasteiger partial charge in [0.1, 0.15) is 5.75 Å². The molecule has 1 aromatic rings. The molecule has 0 aliphatic carbocycles. The number of ether oxygens (including phenoxy) is 2. The molecule has 96 valence electrons. The van der Waals surface area contributed by atoms with Crippen LogP contribution in [0.4, 0.5) is 0 Å². The molecule has 0 radical (unpaired) electrons. The van der Waals surface area contributed by atoms with Gasteiger partial charge in [-0.05, 0) is 23.8 Å². The summed E-state index contributed by atoms with van der Waals surface area (Å²) in [7, 11) is 0. The average molecular weight is 258 g/mol. The first-order valence-electron chi connectivity index (χ1n) is 5.49. The molecular weight excluding hydrogens is 248 g/mol. The fourth-order valence-electron chi connectivity index (χ4n) is 1.48. The third-order valence-corrected chi connectivity index (χ3v) is 2.30. The quantitative estimate of drug-likeness (QED) is 0.468. The molecule has 0 atom stereocenters. The molecule has 0 bridgehead atoms. The van der Waals surface area contributed by atoms with Gasteiger partial charge in [-0.1, -0.05) is 18.2 Å². The Balaban J connectivity index is 2.07. The normalized spacial score (nSPS) is 14.5. The van der Waals surface area contributed by atoms with Crippen LogP contribution >= 0.6 is 0 Å². The lowest BCUT2D eigenvalue weighted by atomic mass is 10.1. The molecule has 0 saturated carbocycles. The number of carbonyl (C=O) groups is 3. The first-order valence-corrected chi connectivity index (χ1v) is 5.49. The molecule has 2 rings (SSSR count). The van der Waals surface area contributed by atoms with Gasteiger partial charge in [0, 0.05) is 13.0 Å². The van der Waals surface area contributed by atoms with E-state index in [2.05, 4.69) is 4.74 Å². The lowest BCUT2D eigenvalue weighted by molar-refractivity contribution is -0.150. The van der Waals surface area contributed by atoms with Crippen molar-refractivity contribution >= 4 is 24.0 Å². The molecule has 1 aliphatic rings. The number of carbonyl (C=O) groups excluding carboxylic acids is 3. The third kappa shape index (κ3) is 3.38. The number of rotatable bonds is 3. The maximum absolute atomic E-state index is 11.2. The summed E-state index contributed by atoms with van der Waals surface area (Å²) in [4.78, 5) is 32.7. The van der Waals surface area contributed by atoms with Gasteiger partial charge in [-0.25, -0.2) is 9.59 Å². The van der Waals surface area contributed by atoms with Crippen LogP contribution in [0.3, 0.4) is 0 Å². The second-order valence-electron chi connectivity index (χ2n) is 3.80. The van der Waals surface area contributed by atoms with Gasteiger partial charge in [-0.15, -0.1) is 0 Å². The van der Waals surface area contributed by atoms with Crippen molar-refractivity contribution in [2.75, 3.05) is 0 Å². The fourth-order valence-corrected chi connectivity index (χ4v) is 1.48. The maximum Gasteiger partial charge on any atom is 0.346 e. The van der Waals surface area contributed by atoms with Crippen LogP contribution in [0.1, 0.15) is 12.5 Å². The zero-order valence-corrected chi connectivity index (χ0v) is 10.1. The lowest BCUT2D eigenvalue weighted by Crippen LogP contribution is -2.01. The SMILES string of the molecule is CC(=O)Oc1ccc(C=CC2=CC(=O)OC2=O)cc1. The van der Waals surface area contributed by atoms with E-state index >= 15 is 0 Å². The number of cyclic esters (lactones) is 2. The molecular formula is C14H10O5. The summed E-state index contributed by atoms with van der Waals surface area (Å²) in [5.74, 6) is -1.26. The van der Waals surface area contributed by atoms with Crippen molar-refractivity contribution in [1.29, 1.82) is 0 Å². The molecule has 0 saturated heterocycles. The predicted molar refractivity (Wildman–Crippen MR) is 66.0 cm³/mol. The zero-order chi connectivity index (χ0) is 13.8. The van der Waals surface area contributed by atoms with E-state index < -0.39 is 11.9 Å². The van der Waals surface area contributed by atoms with E-state index in [-0.39, 0.29) is 11.5 Å². The van der Waals surface area contributed by atoms with E-state index in [9.17, 15) is 14.4 Å². The summed E-state index contributed by atoms with van der Waals surface area (Å²) in [5, 5.41) is 0. The van der Waals surface area contributed by atoms with Gasteiger partial charge in [0.25, 0.3) is 0 Å². The smallest absolute Gasteiger partial charge is 0.346 e. The van der Waals surface area contributed by atoms with Crippen LogP contribution in [-0.2, 0) is 19.1 Å². The Kier molecular flexibility index (Phi) is 3.56. The first-order chi connectivity index (χ1) is 9.04. The van der Waals surface area contributed by atoms with Crippen LogP contribution in [0, 0.1) is 0 Å². The topological polar surface area (TPSA) is 69.7 Å². The fraction of sp³-hybridized carbons (Fsp3) is 0.0714. The first kappa shape index (κ1) is 12.8. The number of esters is 3. The summed E-state index contributed by atoms with van der Waals surface area (Å²) < 4.78 is 9.23. The van der Waals surface area contributed by atoms with Crippen molar-refractivity contribution in [1.82, 2.24) is 0 Å². The molecule has 0 spiro atoms. The number of hydrogen-bond acceptors (Lipinski definition) is 5. The predicted octanol–water partition coefficient (Wildman–Crippen LogP) is 1.63. The van der Waals surface area contributed by atoms with E-state index in [4.69, 9.17) is 4.74 Å². The number of benzene rings is 1. The van der Waals surface area contributed by atoms with Crippen LogP contribution in [0.25, 0.3) is 6.08 Å². The van der Waals surface area contributed by atoms with Gasteiger partial charge in [0.2, 0.25) is 0 Å². The van der Waals surface area contributed by atoms with Crippen molar-refractivity contribution in [3.05, 3.63) is 47.6 Å². The molecule has 0 unspecified atom stereocenters. The van der Waals surface area contributed by atoms with E-state index in [1.54, 1.807) is 30.3 Å². The molecule has 19 heavy (non-hydrogen) atoms. The molecule has 1 aliphatic heterocycles. The summed E-state index contributed by atoms with van der Waals surface area (Å²) in [6, 6.07) is 6.70. The molecule has 5 nitrogen and oxygen atoms in total. The van der Waals surface area contributed by atoms with E-state index in [0.29, 0.717) is 5.75 Å². The van der Waals surface area contributed by atoms with Crippen LogP contribution in [0.15, 0.2) is 42.0 Å². The van der Waals surface area contributed by atoms with E-state index in [1.807, 2.05) is 0 Å². The minimum Gasteiger partial charge on any atom is -0.427 e. The van der Waals surface area contributed by atoms with Crippen molar-refractivity contribution in [3.8, 4) is 5.75 Å². The maximum atomic E-state index is 11.2. The van der Waals surface area contributed by atoms with Crippen LogP contribution in [0.5, 0.6) is 5.75 Å². The van der Waals surface area contributed by atoms with Crippen LogP contribution < -0.4 is 4.74 Å². The van der Waals surface area contributed by atoms with E-state index in [0.717, 1.165) is 11.6 Å².